The molecule has 4 N–H and O–H groups in total. The highest BCUT2D eigenvalue weighted by Gasteiger charge is 2.10. The minimum atomic E-state index is -0.619. The van der Waals surface area contributed by atoms with Crippen LogP contribution in [0.15, 0.2) is 0 Å². The topological polar surface area (TPSA) is 84.2 Å². The number of nitrogens with one attached hydrogen (secondary N) is 2. The first-order valence-electron chi connectivity index (χ1n) is 3.29. The lowest BCUT2D eigenvalue weighted by Gasteiger charge is -2.11. The Morgan fingerprint density at radius 1 is 1.55 bits per heavy atom. The second kappa shape index (κ2) is 4.68. The number of Topliss-reactive ketones (excluding diaryl/α,β-unsaturated/α-hetero) is 1. The molecule has 0 aromatic carbocycles. The van der Waals surface area contributed by atoms with Crippen molar-refractivity contribution in [1.82, 2.24) is 10.6 Å². The number of ketones is 1. The van der Waals surface area contributed by atoms with Gasteiger partial charge >= 0.3 is 6.03 Å². The van der Waals surface area contributed by atoms with Crippen molar-refractivity contribution in [2.24, 2.45) is 5.73 Å². The van der Waals surface area contributed by atoms with Crippen LogP contribution >= 0.6 is 0 Å². The zero-order valence-electron chi connectivity index (χ0n) is 6.68. The molecule has 5 heteroatoms. The van der Waals surface area contributed by atoms with E-state index in [4.69, 9.17) is 5.73 Å². The molecule has 0 heterocycles. The van der Waals surface area contributed by atoms with Gasteiger partial charge in [-0.3, -0.25) is 4.79 Å². The van der Waals surface area contributed by atoms with E-state index in [9.17, 15) is 9.59 Å². The van der Waals surface area contributed by atoms with Gasteiger partial charge in [-0.05, 0) is 14.0 Å². The zero-order chi connectivity index (χ0) is 8.85. The van der Waals surface area contributed by atoms with E-state index in [1.165, 1.54) is 6.92 Å². The molecule has 0 fully saturated rings. The van der Waals surface area contributed by atoms with Crippen molar-refractivity contribution in [3.8, 4) is 0 Å². The van der Waals surface area contributed by atoms with Crippen LogP contribution in [0.4, 0.5) is 4.79 Å². The van der Waals surface area contributed by atoms with E-state index < -0.39 is 6.03 Å². The van der Waals surface area contributed by atoms with Crippen LogP contribution in [-0.4, -0.2) is 31.4 Å². The van der Waals surface area contributed by atoms with Crippen LogP contribution in [0.2, 0.25) is 0 Å². The maximum absolute atomic E-state index is 10.7. The summed E-state index contributed by atoms with van der Waals surface area (Å²) in [5, 5.41) is 5.07. The van der Waals surface area contributed by atoms with Gasteiger partial charge in [-0.15, -0.1) is 0 Å². The SMILES string of the molecule is CN[C@@H](CNC(N)=O)C(C)=O. The fraction of sp³-hybridized carbons (Fsp3) is 0.667. The van der Waals surface area contributed by atoms with Crippen molar-refractivity contribution >= 4 is 11.8 Å². The van der Waals surface area contributed by atoms with Gasteiger partial charge in [-0.25, -0.2) is 4.79 Å². The maximum Gasteiger partial charge on any atom is 0.312 e. The van der Waals surface area contributed by atoms with Crippen molar-refractivity contribution in [3.05, 3.63) is 0 Å². The number of likely N-dealkylation sites (N-methyl/N-ethyl adjacent to an activating group) is 1. The molecule has 5 nitrogen and oxygen atoms in total. The Kier molecular flexibility index (Phi) is 4.21. The molecule has 2 amide bonds. The molecule has 1 atom stereocenters. The Bertz CT molecular complexity index is 158. The highest BCUT2D eigenvalue weighted by Crippen LogP contribution is 1.81. The lowest BCUT2D eigenvalue weighted by molar-refractivity contribution is -0.118. The summed E-state index contributed by atoms with van der Waals surface area (Å²) in [6, 6.07) is -0.964. The molecule has 0 unspecified atom stereocenters. The summed E-state index contributed by atoms with van der Waals surface area (Å²) in [4.78, 5) is 20.9. The van der Waals surface area contributed by atoms with Crippen LogP contribution in [0.25, 0.3) is 0 Å². The number of primary amides is 1. The highest BCUT2D eigenvalue weighted by atomic mass is 16.2. The molecule has 0 aromatic rings. The van der Waals surface area contributed by atoms with E-state index in [1.807, 2.05) is 0 Å². The van der Waals surface area contributed by atoms with E-state index in [1.54, 1.807) is 7.05 Å². The summed E-state index contributed by atoms with van der Waals surface area (Å²) in [6.45, 7) is 1.69. The number of carbonyl (C=O) groups excluding carboxylic acids is 2. The van der Waals surface area contributed by atoms with Crippen LogP contribution in [-0.2, 0) is 4.79 Å². The van der Waals surface area contributed by atoms with Gasteiger partial charge in [0.15, 0.2) is 0 Å². The summed E-state index contributed by atoms with van der Waals surface area (Å²) >= 11 is 0. The normalized spacial score (nSPS) is 12.2. The molecule has 0 aliphatic heterocycles. The number of urea groups is 1. The van der Waals surface area contributed by atoms with Crippen molar-refractivity contribution in [1.29, 1.82) is 0 Å². The third-order valence-corrected chi connectivity index (χ3v) is 1.32. The third kappa shape index (κ3) is 4.32. The standard InChI is InChI=1S/C6H13N3O2/c1-4(10)5(8-2)3-9-6(7)11/h5,8H,3H2,1-2H3,(H3,7,9,11)/t5-/m0/s1. The summed E-state index contributed by atoms with van der Waals surface area (Å²) in [5.41, 5.74) is 4.81. The summed E-state index contributed by atoms with van der Waals surface area (Å²) in [5.74, 6) is -0.0266. The van der Waals surface area contributed by atoms with E-state index in [0.717, 1.165) is 0 Å². The molecular weight excluding hydrogens is 146 g/mol. The predicted octanol–water partition coefficient (Wildman–Crippen LogP) is -1.17. The first kappa shape index (κ1) is 9.90. The monoisotopic (exact) mass is 159 g/mol. The van der Waals surface area contributed by atoms with E-state index in [-0.39, 0.29) is 18.4 Å². The van der Waals surface area contributed by atoms with Gasteiger partial charge in [0, 0.05) is 6.54 Å². The summed E-state index contributed by atoms with van der Waals surface area (Å²) in [6.07, 6.45) is 0. The molecule has 0 aliphatic carbocycles. The first-order valence-corrected chi connectivity index (χ1v) is 3.29. The third-order valence-electron chi connectivity index (χ3n) is 1.32. The fourth-order valence-electron chi connectivity index (χ4n) is 0.652. The van der Waals surface area contributed by atoms with Gasteiger partial charge in [-0.1, -0.05) is 0 Å². The second-order valence-corrected chi connectivity index (χ2v) is 2.20. The maximum atomic E-state index is 10.7. The average Bonchev–Trinajstić information content (AvgIpc) is 1.87. The van der Waals surface area contributed by atoms with Crippen molar-refractivity contribution in [2.75, 3.05) is 13.6 Å². The van der Waals surface area contributed by atoms with Gasteiger partial charge in [-0.2, -0.15) is 0 Å². The predicted molar refractivity (Wildman–Crippen MR) is 41.1 cm³/mol. The summed E-state index contributed by atoms with van der Waals surface area (Å²) < 4.78 is 0. The lowest BCUT2D eigenvalue weighted by Crippen LogP contribution is -2.45. The quantitative estimate of drug-likeness (QED) is 0.483. The number of rotatable bonds is 4. The Hall–Kier alpha value is -1.10. The highest BCUT2D eigenvalue weighted by molar-refractivity contribution is 5.82. The Morgan fingerprint density at radius 3 is 2.36 bits per heavy atom. The van der Waals surface area contributed by atoms with E-state index in [0.29, 0.717) is 0 Å². The van der Waals surface area contributed by atoms with Crippen molar-refractivity contribution in [2.45, 2.75) is 13.0 Å². The van der Waals surface area contributed by atoms with E-state index in [2.05, 4.69) is 10.6 Å². The van der Waals surface area contributed by atoms with Crippen LogP contribution in [0, 0.1) is 0 Å². The fourth-order valence-corrected chi connectivity index (χ4v) is 0.652. The Labute approximate surface area is 65.3 Å². The van der Waals surface area contributed by atoms with Crippen LogP contribution < -0.4 is 16.4 Å². The molecule has 0 saturated heterocycles. The van der Waals surface area contributed by atoms with E-state index >= 15 is 0 Å². The Balaban J connectivity index is 3.70. The molecule has 0 saturated carbocycles. The van der Waals surface area contributed by atoms with Gasteiger partial charge < -0.3 is 16.4 Å². The molecule has 0 bridgehead atoms. The molecule has 0 aliphatic rings. The van der Waals surface area contributed by atoms with Crippen molar-refractivity contribution < 1.29 is 9.59 Å². The van der Waals surface area contributed by atoms with Gasteiger partial charge in [0.05, 0.1) is 6.04 Å². The van der Waals surface area contributed by atoms with Gasteiger partial charge in [0.25, 0.3) is 0 Å². The molecule has 11 heavy (non-hydrogen) atoms. The smallest absolute Gasteiger partial charge is 0.312 e. The second-order valence-electron chi connectivity index (χ2n) is 2.20. The van der Waals surface area contributed by atoms with Gasteiger partial charge in [0.2, 0.25) is 0 Å². The number of carbonyl (C=O) groups is 2. The molecule has 64 valence electrons. The molecule has 0 rings (SSSR count). The average molecular weight is 159 g/mol. The number of hydrogen-bond donors (Lipinski definition) is 3. The number of hydrogen-bond acceptors (Lipinski definition) is 3. The first-order chi connectivity index (χ1) is 5.07. The number of nitrogens with two attached hydrogens (primary N) is 1. The molecule has 0 spiro atoms. The van der Waals surface area contributed by atoms with Crippen LogP contribution in [0.3, 0.4) is 0 Å². The van der Waals surface area contributed by atoms with Crippen LogP contribution in [0.5, 0.6) is 0 Å². The minimum absolute atomic E-state index is 0.0266. The Morgan fingerprint density at radius 2 is 2.09 bits per heavy atom. The molecule has 0 radical (unpaired) electrons. The number of amides is 2. The summed E-state index contributed by atoms with van der Waals surface area (Å²) in [7, 11) is 1.65. The zero-order valence-corrected chi connectivity index (χ0v) is 6.68. The minimum Gasteiger partial charge on any atom is -0.352 e. The van der Waals surface area contributed by atoms with Crippen molar-refractivity contribution in [3.63, 3.8) is 0 Å². The molecule has 0 aromatic heterocycles. The molecular formula is C6H13N3O2. The van der Waals surface area contributed by atoms with Crippen LogP contribution in [0.1, 0.15) is 6.92 Å². The lowest BCUT2D eigenvalue weighted by atomic mass is 10.2. The largest absolute Gasteiger partial charge is 0.352 e. The van der Waals surface area contributed by atoms with Gasteiger partial charge in [0.1, 0.15) is 5.78 Å².